The Labute approximate surface area is 103 Å². The molecule has 2 nitrogen and oxygen atoms in total. The fourth-order valence-corrected chi connectivity index (χ4v) is 1.74. The Morgan fingerprint density at radius 3 is 2.35 bits per heavy atom. The fourth-order valence-electron chi connectivity index (χ4n) is 1.57. The van der Waals surface area contributed by atoms with Crippen molar-refractivity contribution in [1.29, 1.82) is 0 Å². The van der Waals surface area contributed by atoms with Gasteiger partial charge < -0.3 is 10.1 Å². The maximum absolute atomic E-state index is 12.8. The van der Waals surface area contributed by atoms with Gasteiger partial charge in [0.2, 0.25) is 0 Å². The van der Waals surface area contributed by atoms with Gasteiger partial charge in [0.1, 0.15) is 11.8 Å². The Hall–Kier alpha value is -0.940. The molecule has 17 heavy (non-hydrogen) atoms. The molecule has 0 aliphatic carbocycles. The summed E-state index contributed by atoms with van der Waals surface area (Å²) in [5.41, 5.74) is 0.655. The largest absolute Gasteiger partial charge is 0.496 e. The van der Waals surface area contributed by atoms with Gasteiger partial charge in [-0.25, -0.2) is 0 Å². The molecule has 1 N–H and O–H groups in total. The molecule has 0 amide bonds. The molecular weight excluding hydrogens is 255 g/mol. The number of benzene rings is 1. The van der Waals surface area contributed by atoms with E-state index in [1.807, 2.05) is 0 Å². The first-order valence-electron chi connectivity index (χ1n) is 4.89. The quantitative estimate of drug-likeness (QED) is 0.905. The van der Waals surface area contributed by atoms with Crippen LogP contribution in [0.1, 0.15) is 17.2 Å². The number of hydrogen-bond acceptors (Lipinski definition) is 2. The van der Waals surface area contributed by atoms with E-state index in [1.165, 1.54) is 26.3 Å². The lowest BCUT2D eigenvalue weighted by atomic mass is 10.0. The standard InChI is InChI=1S/C11H13ClF3NO/c1-6-4-9(17-3)7(5-8(6)12)10(16-2)11(13,14)15/h4-5,10,16H,1-3H3. The Morgan fingerprint density at radius 2 is 1.94 bits per heavy atom. The van der Waals surface area contributed by atoms with E-state index >= 15 is 0 Å². The highest BCUT2D eigenvalue weighted by molar-refractivity contribution is 6.31. The summed E-state index contributed by atoms with van der Waals surface area (Å²) in [6.07, 6.45) is -4.40. The third kappa shape index (κ3) is 3.04. The third-order valence-electron chi connectivity index (χ3n) is 2.44. The first-order valence-corrected chi connectivity index (χ1v) is 5.27. The van der Waals surface area contributed by atoms with E-state index < -0.39 is 12.2 Å². The Kier molecular flexibility index (Phi) is 4.27. The third-order valence-corrected chi connectivity index (χ3v) is 2.85. The molecule has 0 spiro atoms. The predicted molar refractivity (Wildman–Crippen MR) is 60.6 cm³/mol. The van der Waals surface area contributed by atoms with Crippen molar-refractivity contribution in [3.8, 4) is 5.75 Å². The predicted octanol–water partition coefficient (Wildman–Crippen LogP) is 3.48. The van der Waals surface area contributed by atoms with Gasteiger partial charge >= 0.3 is 6.18 Å². The van der Waals surface area contributed by atoms with Crippen molar-refractivity contribution in [3.63, 3.8) is 0 Å². The number of methoxy groups -OCH3 is 1. The average Bonchev–Trinajstić information content (AvgIpc) is 2.21. The van der Waals surface area contributed by atoms with Crippen LogP contribution in [0, 0.1) is 6.92 Å². The molecule has 0 aliphatic rings. The van der Waals surface area contributed by atoms with Crippen LogP contribution in [-0.4, -0.2) is 20.3 Å². The molecule has 0 radical (unpaired) electrons. The molecular formula is C11H13ClF3NO. The van der Waals surface area contributed by atoms with E-state index in [4.69, 9.17) is 16.3 Å². The summed E-state index contributed by atoms with van der Waals surface area (Å²) in [5.74, 6) is 0.170. The molecule has 0 saturated heterocycles. The maximum Gasteiger partial charge on any atom is 0.408 e. The summed E-state index contributed by atoms with van der Waals surface area (Å²) in [6.45, 7) is 1.70. The van der Waals surface area contributed by atoms with Crippen LogP contribution < -0.4 is 10.1 Å². The molecule has 1 aromatic carbocycles. The van der Waals surface area contributed by atoms with Gasteiger partial charge in [-0.2, -0.15) is 13.2 Å². The Balaban J connectivity index is 3.32. The SMILES string of the molecule is CNC(c1cc(Cl)c(C)cc1OC)C(F)(F)F. The lowest BCUT2D eigenvalue weighted by Crippen LogP contribution is -2.32. The van der Waals surface area contributed by atoms with Crippen LogP contribution in [0.25, 0.3) is 0 Å². The van der Waals surface area contributed by atoms with Gasteiger partial charge in [0.15, 0.2) is 0 Å². The molecule has 6 heteroatoms. The Morgan fingerprint density at radius 1 is 1.35 bits per heavy atom. The lowest BCUT2D eigenvalue weighted by Gasteiger charge is -2.22. The van der Waals surface area contributed by atoms with Crippen LogP contribution in [0.3, 0.4) is 0 Å². The van der Waals surface area contributed by atoms with Gasteiger partial charge in [-0.05, 0) is 31.7 Å². The van der Waals surface area contributed by atoms with Crippen molar-refractivity contribution < 1.29 is 17.9 Å². The molecule has 1 atom stereocenters. The van der Waals surface area contributed by atoms with Gasteiger partial charge in [-0.15, -0.1) is 0 Å². The summed E-state index contributed by atoms with van der Waals surface area (Å²) in [5, 5.41) is 2.50. The lowest BCUT2D eigenvalue weighted by molar-refractivity contribution is -0.156. The molecule has 0 bridgehead atoms. The van der Waals surface area contributed by atoms with Crippen LogP contribution >= 0.6 is 11.6 Å². The molecule has 0 saturated carbocycles. The minimum Gasteiger partial charge on any atom is -0.496 e. The summed E-state index contributed by atoms with van der Waals surface area (Å²) in [4.78, 5) is 0. The van der Waals surface area contributed by atoms with Crippen LogP contribution in [-0.2, 0) is 0 Å². The van der Waals surface area contributed by atoms with Crippen molar-refractivity contribution in [3.05, 3.63) is 28.3 Å². The number of nitrogens with one attached hydrogen (secondary N) is 1. The summed E-state index contributed by atoms with van der Waals surface area (Å²) >= 11 is 5.84. The van der Waals surface area contributed by atoms with Crippen LogP contribution in [0.2, 0.25) is 5.02 Å². The number of aryl methyl sites for hydroxylation is 1. The fraction of sp³-hybridized carbons (Fsp3) is 0.455. The first kappa shape index (κ1) is 14.1. The van der Waals surface area contributed by atoms with Crippen molar-refractivity contribution >= 4 is 11.6 Å². The normalized spacial score (nSPS) is 13.6. The minimum absolute atomic E-state index is 0.0156. The molecule has 0 aromatic heterocycles. The second-order valence-electron chi connectivity index (χ2n) is 3.61. The average molecular weight is 268 g/mol. The molecule has 0 fully saturated rings. The summed E-state index contributed by atoms with van der Waals surface area (Å²) < 4.78 is 43.3. The number of alkyl halides is 3. The highest BCUT2D eigenvalue weighted by Crippen LogP contribution is 2.39. The zero-order valence-electron chi connectivity index (χ0n) is 9.65. The molecule has 0 heterocycles. The van der Waals surface area contributed by atoms with E-state index in [0.29, 0.717) is 5.56 Å². The Bertz CT molecular complexity index is 406. The number of hydrogen-bond donors (Lipinski definition) is 1. The number of rotatable bonds is 3. The van der Waals surface area contributed by atoms with Gasteiger partial charge in [-0.3, -0.25) is 0 Å². The monoisotopic (exact) mass is 267 g/mol. The number of halogens is 4. The highest BCUT2D eigenvalue weighted by atomic mass is 35.5. The van der Waals surface area contributed by atoms with Gasteiger partial charge in [-0.1, -0.05) is 11.6 Å². The highest BCUT2D eigenvalue weighted by Gasteiger charge is 2.41. The molecule has 96 valence electrons. The van der Waals surface area contributed by atoms with E-state index in [2.05, 4.69) is 5.32 Å². The molecule has 0 aliphatic heterocycles. The smallest absolute Gasteiger partial charge is 0.408 e. The van der Waals surface area contributed by atoms with E-state index in [-0.39, 0.29) is 16.3 Å². The van der Waals surface area contributed by atoms with E-state index in [9.17, 15) is 13.2 Å². The first-order chi connectivity index (χ1) is 7.81. The molecule has 1 aromatic rings. The van der Waals surface area contributed by atoms with Gasteiger partial charge in [0.25, 0.3) is 0 Å². The topological polar surface area (TPSA) is 21.3 Å². The zero-order chi connectivity index (χ0) is 13.2. The van der Waals surface area contributed by atoms with Crippen LogP contribution in [0.5, 0.6) is 5.75 Å². The summed E-state index contributed by atoms with van der Waals surface area (Å²) in [7, 11) is 2.57. The summed E-state index contributed by atoms with van der Waals surface area (Å²) in [6, 6.07) is 0.980. The number of ether oxygens (including phenoxy) is 1. The van der Waals surface area contributed by atoms with Crippen LogP contribution in [0.4, 0.5) is 13.2 Å². The molecule has 1 rings (SSSR count). The zero-order valence-corrected chi connectivity index (χ0v) is 10.4. The van der Waals surface area contributed by atoms with Gasteiger partial charge in [0, 0.05) is 10.6 Å². The molecule has 1 unspecified atom stereocenters. The maximum atomic E-state index is 12.8. The van der Waals surface area contributed by atoms with Crippen molar-refractivity contribution in [1.82, 2.24) is 5.32 Å². The van der Waals surface area contributed by atoms with Crippen LogP contribution in [0.15, 0.2) is 12.1 Å². The van der Waals surface area contributed by atoms with Crippen molar-refractivity contribution in [2.24, 2.45) is 0 Å². The minimum atomic E-state index is -4.40. The van der Waals surface area contributed by atoms with Crippen molar-refractivity contribution in [2.45, 2.75) is 19.1 Å². The van der Waals surface area contributed by atoms with Gasteiger partial charge in [0.05, 0.1) is 7.11 Å². The second-order valence-corrected chi connectivity index (χ2v) is 4.01. The van der Waals surface area contributed by atoms with E-state index in [1.54, 1.807) is 6.92 Å². The second kappa shape index (κ2) is 5.14. The van der Waals surface area contributed by atoms with E-state index in [0.717, 1.165) is 0 Å². The van der Waals surface area contributed by atoms with Crippen molar-refractivity contribution in [2.75, 3.05) is 14.2 Å².